The topological polar surface area (TPSA) is 51.2 Å². The van der Waals surface area contributed by atoms with E-state index in [2.05, 4.69) is 10.3 Å². The smallest absolute Gasteiger partial charge is 0.226 e. The number of methoxy groups -OCH3 is 1. The van der Waals surface area contributed by atoms with Crippen LogP contribution in [0.5, 0.6) is 5.75 Å². The molecule has 0 aliphatic heterocycles. The molecule has 6 heteroatoms. The molecule has 1 aromatic heterocycles. The maximum atomic E-state index is 12.9. The van der Waals surface area contributed by atoms with Crippen molar-refractivity contribution >= 4 is 17.2 Å². The molecule has 4 nitrogen and oxygen atoms in total. The second-order valence-electron chi connectivity index (χ2n) is 5.45. The quantitative estimate of drug-likeness (QED) is 0.731. The van der Waals surface area contributed by atoms with Gasteiger partial charge in [-0.05, 0) is 42.0 Å². The minimum atomic E-state index is -0.288. The van der Waals surface area contributed by atoms with E-state index in [-0.39, 0.29) is 18.1 Å². The minimum absolute atomic E-state index is 0.115. The maximum Gasteiger partial charge on any atom is 0.226 e. The first-order valence-corrected chi connectivity index (χ1v) is 8.62. The van der Waals surface area contributed by atoms with Gasteiger partial charge in [-0.25, -0.2) is 9.37 Å². The molecule has 0 aliphatic rings. The van der Waals surface area contributed by atoms with Gasteiger partial charge in [-0.2, -0.15) is 0 Å². The average molecular weight is 356 g/mol. The average Bonchev–Trinajstić information content (AvgIpc) is 3.10. The standard InChI is InChI=1S/C19H17FN2O2S/c1-24-17-8-4-14(5-9-17)19-22-16(12-25-19)10-18(23)21-11-13-2-6-15(20)7-3-13/h2-9,12H,10-11H2,1H3,(H,21,23). The van der Waals surface area contributed by atoms with Crippen molar-refractivity contribution < 1.29 is 13.9 Å². The number of hydrogen-bond acceptors (Lipinski definition) is 4. The van der Waals surface area contributed by atoms with Gasteiger partial charge in [-0.3, -0.25) is 4.79 Å². The number of benzene rings is 2. The summed E-state index contributed by atoms with van der Waals surface area (Å²) in [5.74, 6) is 0.389. The van der Waals surface area contributed by atoms with E-state index >= 15 is 0 Å². The Morgan fingerprint density at radius 1 is 1.16 bits per heavy atom. The van der Waals surface area contributed by atoms with Gasteiger partial charge in [0.15, 0.2) is 0 Å². The Morgan fingerprint density at radius 3 is 2.56 bits per heavy atom. The monoisotopic (exact) mass is 356 g/mol. The zero-order valence-electron chi connectivity index (χ0n) is 13.7. The van der Waals surface area contributed by atoms with Gasteiger partial charge in [0.2, 0.25) is 5.91 Å². The minimum Gasteiger partial charge on any atom is -0.497 e. The van der Waals surface area contributed by atoms with E-state index in [0.717, 1.165) is 27.6 Å². The van der Waals surface area contributed by atoms with Crippen molar-refractivity contribution in [1.82, 2.24) is 10.3 Å². The Kier molecular flexibility index (Phi) is 5.40. The number of hydrogen-bond donors (Lipinski definition) is 1. The second kappa shape index (κ2) is 7.90. The highest BCUT2D eigenvalue weighted by Gasteiger charge is 2.09. The van der Waals surface area contributed by atoms with Gasteiger partial charge in [0.1, 0.15) is 16.6 Å². The molecule has 25 heavy (non-hydrogen) atoms. The molecule has 128 valence electrons. The molecule has 0 fully saturated rings. The van der Waals surface area contributed by atoms with Crippen LogP contribution in [0.2, 0.25) is 0 Å². The summed E-state index contributed by atoms with van der Waals surface area (Å²) in [4.78, 5) is 16.6. The van der Waals surface area contributed by atoms with Crippen LogP contribution in [0.25, 0.3) is 10.6 Å². The lowest BCUT2D eigenvalue weighted by Gasteiger charge is -2.04. The SMILES string of the molecule is COc1ccc(-c2nc(CC(=O)NCc3ccc(F)cc3)cs2)cc1. The van der Waals surface area contributed by atoms with Crippen molar-refractivity contribution in [1.29, 1.82) is 0 Å². The molecule has 0 radical (unpaired) electrons. The normalized spacial score (nSPS) is 10.5. The molecule has 1 heterocycles. The fourth-order valence-electron chi connectivity index (χ4n) is 2.28. The number of nitrogens with one attached hydrogen (secondary N) is 1. The number of carbonyl (C=O) groups is 1. The van der Waals surface area contributed by atoms with Gasteiger partial charge < -0.3 is 10.1 Å². The van der Waals surface area contributed by atoms with Gasteiger partial charge in [0.25, 0.3) is 0 Å². The molecular weight excluding hydrogens is 339 g/mol. The number of rotatable bonds is 6. The van der Waals surface area contributed by atoms with Crippen LogP contribution < -0.4 is 10.1 Å². The summed E-state index contributed by atoms with van der Waals surface area (Å²) in [6.07, 6.45) is 0.216. The molecule has 0 bridgehead atoms. The number of aromatic nitrogens is 1. The summed E-state index contributed by atoms with van der Waals surface area (Å²) < 4.78 is 18.0. The van der Waals surface area contributed by atoms with E-state index in [1.165, 1.54) is 23.5 Å². The fraction of sp³-hybridized carbons (Fsp3) is 0.158. The first-order chi connectivity index (χ1) is 12.1. The van der Waals surface area contributed by atoms with Crippen LogP contribution in [-0.4, -0.2) is 18.0 Å². The molecule has 2 aromatic carbocycles. The number of carbonyl (C=O) groups excluding carboxylic acids is 1. The van der Waals surface area contributed by atoms with Crippen LogP contribution in [0.3, 0.4) is 0 Å². The van der Waals surface area contributed by atoms with Gasteiger partial charge in [-0.1, -0.05) is 12.1 Å². The van der Waals surface area contributed by atoms with Crippen molar-refractivity contribution in [2.75, 3.05) is 7.11 Å². The van der Waals surface area contributed by atoms with Crippen molar-refractivity contribution in [3.05, 3.63) is 71.0 Å². The summed E-state index contributed by atoms with van der Waals surface area (Å²) >= 11 is 1.50. The number of amides is 1. The molecule has 0 saturated carbocycles. The maximum absolute atomic E-state index is 12.9. The van der Waals surface area contributed by atoms with Crippen LogP contribution in [-0.2, 0) is 17.8 Å². The molecule has 0 saturated heterocycles. The lowest BCUT2D eigenvalue weighted by molar-refractivity contribution is -0.120. The van der Waals surface area contributed by atoms with Crippen LogP contribution in [0, 0.1) is 5.82 Å². The molecule has 0 atom stereocenters. The summed E-state index contributed by atoms with van der Waals surface area (Å²) in [5.41, 5.74) is 2.57. The van der Waals surface area contributed by atoms with Gasteiger partial charge in [0, 0.05) is 17.5 Å². The van der Waals surface area contributed by atoms with Gasteiger partial charge >= 0.3 is 0 Å². The predicted molar refractivity (Wildman–Crippen MR) is 96.1 cm³/mol. The zero-order valence-corrected chi connectivity index (χ0v) is 14.5. The van der Waals surface area contributed by atoms with Crippen LogP contribution in [0.15, 0.2) is 53.9 Å². The molecular formula is C19H17FN2O2S. The summed E-state index contributed by atoms with van der Waals surface area (Å²) in [6.45, 7) is 0.370. The highest BCUT2D eigenvalue weighted by molar-refractivity contribution is 7.13. The number of ether oxygens (including phenoxy) is 1. The Bertz CT molecular complexity index is 845. The third kappa shape index (κ3) is 4.64. The number of thiazole rings is 1. The Morgan fingerprint density at radius 2 is 1.88 bits per heavy atom. The first-order valence-electron chi connectivity index (χ1n) is 7.74. The highest BCUT2D eigenvalue weighted by atomic mass is 32.1. The van der Waals surface area contributed by atoms with E-state index in [1.54, 1.807) is 19.2 Å². The predicted octanol–water partition coefficient (Wildman–Crippen LogP) is 3.82. The molecule has 1 amide bonds. The van der Waals surface area contributed by atoms with E-state index in [9.17, 15) is 9.18 Å². The Balaban J connectivity index is 1.56. The number of halogens is 1. The first kappa shape index (κ1) is 17.1. The zero-order chi connectivity index (χ0) is 17.6. The number of nitrogens with zero attached hydrogens (tertiary/aromatic N) is 1. The Hall–Kier alpha value is -2.73. The van der Waals surface area contributed by atoms with Crippen molar-refractivity contribution in [2.45, 2.75) is 13.0 Å². The van der Waals surface area contributed by atoms with Crippen LogP contribution in [0.1, 0.15) is 11.3 Å². The van der Waals surface area contributed by atoms with E-state index in [0.29, 0.717) is 6.54 Å². The van der Waals surface area contributed by atoms with E-state index in [1.807, 2.05) is 29.6 Å². The molecule has 0 unspecified atom stereocenters. The van der Waals surface area contributed by atoms with Gasteiger partial charge in [0.05, 0.1) is 19.2 Å². The molecule has 0 spiro atoms. The van der Waals surface area contributed by atoms with Crippen LogP contribution in [0.4, 0.5) is 4.39 Å². The summed E-state index contributed by atoms with van der Waals surface area (Å²) in [5, 5.41) is 5.57. The lowest BCUT2D eigenvalue weighted by Crippen LogP contribution is -2.24. The molecule has 0 aliphatic carbocycles. The summed E-state index contributed by atoms with van der Waals surface area (Å²) in [7, 11) is 1.63. The Labute approximate surface area is 149 Å². The van der Waals surface area contributed by atoms with Gasteiger partial charge in [-0.15, -0.1) is 11.3 Å². The molecule has 3 rings (SSSR count). The largest absolute Gasteiger partial charge is 0.497 e. The van der Waals surface area contributed by atoms with Crippen LogP contribution >= 0.6 is 11.3 Å². The lowest BCUT2D eigenvalue weighted by atomic mass is 10.2. The van der Waals surface area contributed by atoms with Crippen molar-refractivity contribution in [3.63, 3.8) is 0 Å². The molecule has 1 N–H and O–H groups in total. The third-order valence-electron chi connectivity index (χ3n) is 3.63. The summed E-state index contributed by atoms with van der Waals surface area (Å²) in [6, 6.07) is 13.7. The fourth-order valence-corrected chi connectivity index (χ4v) is 3.11. The van der Waals surface area contributed by atoms with E-state index in [4.69, 9.17) is 4.74 Å². The highest BCUT2D eigenvalue weighted by Crippen LogP contribution is 2.25. The van der Waals surface area contributed by atoms with Crippen molar-refractivity contribution in [3.8, 4) is 16.3 Å². The third-order valence-corrected chi connectivity index (χ3v) is 4.57. The van der Waals surface area contributed by atoms with Crippen molar-refractivity contribution in [2.24, 2.45) is 0 Å². The van der Waals surface area contributed by atoms with E-state index < -0.39 is 0 Å². The second-order valence-corrected chi connectivity index (χ2v) is 6.31. The molecule has 3 aromatic rings.